The maximum absolute atomic E-state index is 12.8. The summed E-state index contributed by atoms with van der Waals surface area (Å²) >= 11 is 5.83. The molecule has 6 heteroatoms. The molecule has 0 aliphatic carbocycles. The molecular weight excluding hydrogens is 340 g/mol. The van der Waals surface area contributed by atoms with Crippen molar-refractivity contribution in [2.45, 2.75) is 13.8 Å². The van der Waals surface area contributed by atoms with Crippen LogP contribution in [-0.2, 0) is 0 Å². The molecule has 0 spiro atoms. The van der Waals surface area contributed by atoms with Gasteiger partial charge < -0.3 is 5.11 Å². The minimum atomic E-state index is -0.572. The Kier molecular flexibility index (Phi) is 6.17. The summed E-state index contributed by atoms with van der Waals surface area (Å²) in [5.74, 6) is -0.765. The van der Waals surface area contributed by atoms with Gasteiger partial charge in [0.05, 0.1) is 6.54 Å². The fraction of sp³-hybridized carbons (Fsp3) is 0.263. The van der Waals surface area contributed by atoms with Gasteiger partial charge in [0.25, 0.3) is 11.8 Å². The third kappa shape index (κ3) is 5.31. The fourth-order valence-electron chi connectivity index (χ4n) is 2.17. The van der Waals surface area contributed by atoms with Crippen molar-refractivity contribution in [1.29, 1.82) is 0 Å². The minimum Gasteiger partial charge on any atom is -0.396 e. The van der Waals surface area contributed by atoms with Gasteiger partial charge in [-0.2, -0.15) is 0 Å². The van der Waals surface area contributed by atoms with Crippen molar-refractivity contribution in [2.24, 2.45) is 5.41 Å². The van der Waals surface area contributed by atoms with E-state index >= 15 is 0 Å². The summed E-state index contributed by atoms with van der Waals surface area (Å²) in [5.41, 5.74) is 2.90. The standard InChI is InChI=1S/C19H21ClN2O3/c1-19(2,13-23)12-22(18(25)15-6-4-3-5-7-15)21-17(24)14-8-10-16(20)11-9-14/h3-11,23H,12-13H2,1-2H3,(H,21,24). The number of hydrogen-bond acceptors (Lipinski definition) is 3. The van der Waals surface area contributed by atoms with Crippen LogP contribution in [0.4, 0.5) is 0 Å². The van der Waals surface area contributed by atoms with Crippen LogP contribution < -0.4 is 5.43 Å². The first-order valence-electron chi connectivity index (χ1n) is 7.87. The van der Waals surface area contributed by atoms with Gasteiger partial charge in [0.15, 0.2) is 0 Å². The summed E-state index contributed by atoms with van der Waals surface area (Å²) in [7, 11) is 0. The zero-order valence-electron chi connectivity index (χ0n) is 14.2. The molecule has 0 radical (unpaired) electrons. The van der Waals surface area contributed by atoms with Gasteiger partial charge >= 0.3 is 0 Å². The predicted molar refractivity (Wildman–Crippen MR) is 97.3 cm³/mol. The summed E-state index contributed by atoms with van der Waals surface area (Å²) in [6.45, 7) is 3.67. The maximum atomic E-state index is 12.8. The molecule has 0 saturated heterocycles. The van der Waals surface area contributed by atoms with Crippen molar-refractivity contribution in [3.8, 4) is 0 Å². The molecule has 0 unspecified atom stereocenters. The van der Waals surface area contributed by atoms with E-state index in [0.29, 0.717) is 16.1 Å². The van der Waals surface area contributed by atoms with Crippen molar-refractivity contribution in [3.05, 3.63) is 70.7 Å². The van der Waals surface area contributed by atoms with Crippen LogP contribution in [0.3, 0.4) is 0 Å². The maximum Gasteiger partial charge on any atom is 0.272 e. The Morgan fingerprint density at radius 2 is 1.64 bits per heavy atom. The number of aliphatic hydroxyl groups excluding tert-OH is 1. The van der Waals surface area contributed by atoms with Crippen LogP contribution in [0.2, 0.25) is 5.02 Å². The van der Waals surface area contributed by atoms with E-state index in [1.165, 1.54) is 5.01 Å². The van der Waals surface area contributed by atoms with Gasteiger partial charge in [0.2, 0.25) is 0 Å². The van der Waals surface area contributed by atoms with Crippen molar-refractivity contribution in [3.63, 3.8) is 0 Å². The molecule has 2 rings (SSSR count). The number of benzene rings is 2. The molecule has 0 aliphatic heterocycles. The number of carbonyl (C=O) groups is 2. The highest BCUT2D eigenvalue weighted by Gasteiger charge is 2.27. The molecule has 0 fully saturated rings. The van der Waals surface area contributed by atoms with Crippen LogP contribution in [0, 0.1) is 5.41 Å². The topological polar surface area (TPSA) is 69.6 Å². The third-order valence-corrected chi connectivity index (χ3v) is 3.87. The summed E-state index contributed by atoms with van der Waals surface area (Å²) < 4.78 is 0. The summed E-state index contributed by atoms with van der Waals surface area (Å²) in [6.07, 6.45) is 0. The van der Waals surface area contributed by atoms with Crippen LogP contribution in [0.25, 0.3) is 0 Å². The van der Waals surface area contributed by atoms with E-state index in [1.54, 1.807) is 48.5 Å². The predicted octanol–water partition coefficient (Wildman–Crippen LogP) is 3.15. The van der Waals surface area contributed by atoms with Crippen molar-refractivity contribution in [1.82, 2.24) is 10.4 Å². The van der Waals surface area contributed by atoms with Gasteiger partial charge in [0, 0.05) is 28.2 Å². The highest BCUT2D eigenvalue weighted by Crippen LogP contribution is 2.17. The van der Waals surface area contributed by atoms with Gasteiger partial charge in [-0.1, -0.05) is 43.6 Å². The highest BCUT2D eigenvalue weighted by atomic mass is 35.5. The van der Waals surface area contributed by atoms with E-state index in [9.17, 15) is 14.7 Å². The molecule has 5 nitrogen and oxygen atoms in total. The first-order chi connectivity index (χ1) is 11.8. The number of hydrogen-bond donors (Lipinski definition) is 2. The molecule has 25 heavy (non-hydrogen) atoms. The largest absolute Gasteiger partial charge is 0.396 e. The number of amides is 2. The lowest BCUT2D eigenvalue weighted by molar-refractivity contribution is 0.0414. The number of nitrogens with one attached hydrogen (secondary N) is 1. The second-order valence-corrected chi connectivity index (χ2v) is 6.96. The molecule has 0 atom stereocenters. The molecule has 0 bridgehead atoms. The Hall–Kier alpha value is -2.37. The Morgan fingerprint density at radius 3 is 2.20 bits per heavy atom. The van der Waals surface area contributed by atoms with Gasteiger partial charge in [-0.25, -0.2) is 5.01 Å². The van der Waals surface area contributed by atoms with Crippen LogP contribution in [0.5, 0.6) is 0 Å². The Balaban J connectivity index is 2.23. The Labute approximate surface area is 152 Å². The zero-order chi connectivity index (χ0) is 18.4. The first kappa shape index (κ1) is 19.0. The van der Waals surface area contributed by atoms with Crippen LogP contribution in [0.1, 0.15) is 34.6 Å². The van der Waals surface area contributed by atoms with Crippen LogP contribution >= 0.6 is 11.6 Å². The third-order valence-electron chi connectivity index (χ3n) is 3.62. The van der Waals surface area contributed by atoms with E-state index < -0.39 is 11.3 Å². The van der Waals surface area contributed by atoms with E-state index in [1.807, 2.05) is 19.9 Å². The molecule has 0 saturated carbocycles. The van der Waals surface area contributed by atoms with Crippen molar-refractivity contribution >= 4 is 23.4 Å². The lowest BCUT2D eigenvalue weighted by Crippen LogP contribution is -2.50. The number of aliphatic hydroxyl groups is 1. The number of hydrazine groups is 1. The molecule has 0 aromatic heterocycles. The van der Waals surface area contributed by atoms with Crippen molar-refractivity contribution < 1.29 is 14.7 Å². The van der Waals surface area contributed by atoms with E-state index in [2.05, 4.69) is 5.43 Å². The smallest absolute Gasteiger partial charge is 0.272 e. The average Bonchev–Trinajstić information content (AvgIpc) is 2.61. The molecule has 2 N–H and O–H groups in total. The van der Waals surface area contributed by atoms with Crippen molar-refractivity contribution in [2.75, 3.05) is 13.2 Å². The summed E-state index contributed by atoms with van der Waals surface area (Å²) in [5, 5.41) is 11.3. The minimum absolute atomic E-state index is 0.123. The molecule has 0 aliphatic rings. The molecule has 2 aromatic carbocycles. The van der Waals surface area contributed by atoms with Gasteiger partial charge in [0.1, 0.15) is 0 Å². The lowest BCUT2D eigenvalue weighted by Gasteiger charge is -2.31. The number of nitrogens with zero attached hydrogens (tertiary/aromatic N) is 1. The fourth-order valence-corrected chi connectivity index (χ4v) is 2.29. The molecular formula is C19H21ClN2O3. The second-order valence-electron chi connectivity index (χ2n) is 6.53. The van der Waals surface area contributed by atoms with E-state index in [0.717, 1.165) is 0 Å². The van der Waals surface area contributed by atoms with E-state index in [-0.39, 0.29) is 19.1 Å². The van der Waals surface area contributed by atoms with Gasteiger partial charge in [-0.3, -0.25) is 15.0 Å². The van der Waals surface area contributed by atoms with Crippen LogP contribution in [-0.4, -0.2) is 35.1 Å². The number of carbonyl (C=O) groups excluding carboxylic acids is 2. The molecule has 0 heterocycles. The highest BCUT2D eigenvalue weighted by molar-refractivity contribution is 6.30. The lowest BCUT2D eigenvalue weighted by atomic mass is 9.94. The number of halogens is 1. The molecule has 2 aromatic rings. The van der Waals surface area contributed by atoms with Gasteiger partial charge in [-0.15, -0.1) is 0 Å². The summed E-state index contributed by atoms with van der Waals surface area (Å²) in [6, 6.07) is 15.1. The van der Waals surface area contributed by atoms with E-state index in [4.69, 9.17) is 11.6 Å². The number of rotatable bonds is 5. The first-order valence-corrected chi connectivity index (χ1v) is 8.24. The Bertz CT molecular complexity index is 730. The summed E-state index contributed by atoms with van der Waals surface area (Å²) in [4.78, 5) is 25.2. The normalized spacial score (nSPS) is 11.0. The quantitative estimate of drug-likeness (QED) is 0.805. The Morgan fingerprint density at radius 1 is 1.04 bits per heavy atom. The average molecular weight is 361 g/mol. The SMILES string of the molecule is CC(C)(CO)CN(NC(=O)c1ccc(Cl)cc1)C(=O)c1ccccc1. The van der Waals surface area contributed by atoms with Gasteiger partial charge in [-0.05, 0) is 36.4 Å². The zero-order valence-corrected chi connectivity index (χ0v) is 15.0. The monoisotopic (exact) mass is 360 g/mol. The van der Waals surface area contributed by atoms with Crippen LogP contribution in [0.15, 0.2) is 54.6 Å². The molecule has 2 amide bonds. The molecule has 132 valence electrons. The second kappa shape index (κ2) is 8.14.